The molecule has 2 rings (SSSR count). The van der Waals surface area contributed by atoms with Crippen LogP contribution in [0.4, 0.5) is 0 Å². The molecule has 2 aromatic heterocycles. The number of nitrogens with zero attached hydrogens (tertiary/aromatic N) is 4. The average molecular weight is 253 g/mol. The number of pyridine rings is 1. The first-order chi connectivity index (χ1) is 7.99. The molecule has 0 aromatic carbocycles. The van der Waals surface area contributed by atoms with Crippen molar-refractivity contribution >= 4 is 17.6 Å². The van der Waals surface area contributed by atoms with E-state index in [1.165, 1.54) is 16.9 Å². The first-order valence-corrected chi connectivity index (χ1v) is 5.16. The molecule has 0 fully saturated rings. The lowest BCUT2D eigenvalue weighted by Gasteiger charge is -2.04. The highest BCUT2D eigenvalue weighted by atomic mass is 35.5. The predicted octanol–water partition coefficient (Wildman–Crippen LogP) is 1.63. The smallest absolute Gasteiger partial charge is 0.337 e. The van der Waals surface area contributed by atoms with Crippen molar-refractivity contribution in [3.05, 3.63) is 34.5 Å². The van der Waals surface area contributed by atoms with Crippen LogP contribution in [0.25, 0.3) is 5.82 Å². The van der Waals surface area contributed by atoms with Gasteiger partial charge in [0, 0.05) is 6.20 Å². The normalized spacial score (nSPS) is 10.5. The van der Waals surface area contributed by atoms with Crippen LogP contribution in [0.3, 0.4) is 0 Å². The lowest BCUT2D eigenvalue weighted by molar-refractivity contribution is 0.0697. The van der Waals surface area contributed by atoms with Gasteiger partial charge in [0.25, 0.3) is 0 Å². The van der Waals surface area contributed by atoms with E-state index in [1.807, 2.05) is 0 Å². The zero-order valence-corrected chi connectivity index (χ0v) is 9.93. The summed E-state index contributed by atoms with van der Waals surface area (Å²) in [5.41, 5.74) is -0.00998. The Morgan fingerprint density at radius 3 is 2.71 bits per heavy atom. The molecule has 0 saturated carbocycles. The highest BCUT2D eigenvalue weighted by Crippen LogP contribution is 2.17. The SMILES string of the molecule is Cc1nc(C)n(-c2cc(C(=O)O)c(Cl)cn2)n1. The molecule has 2 heterocycles. The summed E-state index contributed by atoms with van der Waals surface area (Å²) in [6.07, 6.45) is 1.29. The van der Waals surface area contributed by atoms with E-state index in [-0.39, 0.29) is 10.6 Å². The van der Waals surface area contributed by atoms with E-state index < -0.39 is 5.97 Å². The fourth-order valence-corrected chi connectivity index (χ4v) is 1.63. The third-order valence-electron chi connectivity index (χ3n) is 2.16. The molecule has 0 amide bonds. The summed E-state index contributed by atoms with van der Waals surface area (Å²) < 4.78 is 1.47. The molecule has 0 aliphatic heterocycles. The number of hydrogen-bond donors (Lipinski definition) is 1. The van der Waals surface area contributed by atoms with Gasteiger partial charge in [-0.05, 0) is 19.9 Å². The Morgan fingerprint density at radius 2 is 2.18 bits per heavy atom. The van der Waals surface area contributed by atoms with Crippen molar-refractivity contribution in [2.75, 3.05) is 0 Å². The van der Waals surface area contributed by atoms with Gasteiger partial charge in [0.15, 0.2) is 5.82 Å². The molecule has 0 aliphatic rings. The Balaban J connectivity index is 2.57. The molecule has 0 radical (unpaired) electrons. The zero-order valence-electron chi connectivity index (χ0n) is 9.18. The molecule has 2 aromatic rings. The number of carboxylic acids is 1. The Morgan fingerprint density at radius 1 is 1.47 bits per heavy atom. The number of aromatic carboxylic acids is 1. The van der Waals surface area contributed by atoms with Gasteiger partial charge in [-0.25, -0.2) is 14.8 Å². The van der Waals surface area contributed by atoms with Gasteiger partial charge in [0.05, 0.1) is 10.6 Å². The number of rotatable bonds is 2. The number of carbonyl (C=O) groups is 1. The minimum Gasteiger partial charge on any atom is -0.478 e. The molecule has 0 unspecified atom stereocenters. The van der Waals surface area contributed by atoms with Crippen LogP contribution in [-0.2, 0) is 0 Å². The van der Waals surface area contributed by atoms with E-state index in [9.17, 15) is 4.79 Å². The number of hydrogen-bond acceptors (Lipinski definition) is 4. The molecule has 0 bridgehead atoms. The van der Waals surface area contributed by atoms with Crippen LogP contribution >= 0.6 is 11.6 Å². The molecule has 0 atom stereocenters. The maximum Gasteiger partial charge on any atom is 0.337 e. The second kappa shape index (κ2) is 4.14. The largest absolute Gasteiger partial charge is 0.478 e. The van der Waals surface area contributed by atoms with Gasteiger partial charge >= 0.3 is 5.97 Å². The Hall–Kier alpha value is -1.95. The third-order valence-corrected chi connectivity index (χ3v) is 2.46. The van der Waals surface area contributed by atoms with E-state index in [1.54, 1.807) is 13.8 Å². The number of halogens is 1. The van der Waals surface area contributed by atoms with Crippen LogP contribution in [0.1, 0.15) is 22.0 Å². The van der Waals surface area contributed by atoms with Crippen LogP contribution < -0.4 is 0 Å². The molecule has 88 valence electrons. The summed E-state index contributed by atoms with van der Waals surface area (Å²) in [5, 5.41) is 13.2. The van der Waals surface area contributed by atoms with Crippen molar-refractivity contribution in [3.8, 4) is 5.82 Å². The second-order valence-corrected chi connectivity index (χ2v) is 3.85. The van der Waals surface area contributed by atoms with Crippen LogP contribution in [0.2, 0.25) is 5.02 Å². The molecular formula is C10H9ClN4O2. The van der Waals surface area contributed by atoms with Crippen molar-refractivity contribution in [1.82, 2.24) is 19.7 Å². The fourth-order valence-electron chi connectivity index (χ4n) is 1.45. The summed E-state index contributed by atoms with van der Waals surface area (Å²) in [7, 11) is 0. The lowest BCUT2D eigenvalue weighted by Crippen LogP contribution is -2.06. The van der Waals surface area contributed by atoms with Gasteiger partial charge in [-0.2, -0.15) is 4.68 Å². The molecule has 17 heavy (non-hydrogen) atoms. The number of aryl methyl sites for hydroxylation is 2. The molecule has 0 spiro atoms. The average Bonchev–Trinajstić information content (AvgIpc) is 2.58. The van der Waals surface area contributed by atoms with E-state index in [0.717, 1.165) is 0 Å². The first kappa shape index (κ1) is 11.5. The van der Waals surface area contributed by atoms with Crippen molar-refractivity contribution in [2.24, 2.45) is 0 Å². The van der Waals surface area contributed by atoms with Crippen LogP contribution in [0.15, 0.2) is 12.3 Å². The number of carboxylic acid groups (broad SMARTS) is 1. The maximum absolute atomic E-state index is 10.9. The van der Waals surface area contributed by atoms with Gasteiger partial charge in [0.1, 0.15) is 11.6 Å². The quantitative estimate of drug-likeness (QED) is 0.879. The molecule has 1 N–H and O–H groups in total. The minimum absolute atomic E-state index is 0.00998. The van der Waals surface area contributed by atoms with Gasteiger partial charge in [-0.3, -0.25) is 0 Å². The van der Waals surface area contributed by atoms with Crippen LogP contribution in [0.5, 0.6) is 0 Å². The van der Waals surface area contributed by atoms with Crippen LogP contribution in [0, 0.1) is 13.8 Å². The van der Waals surface area contributed by atoms with Gasteiger partial charge in [0.2, 0.25) is 0 Å². The molecule has 0 saturated heterocycles. The van der Waals surface area contributed by atoms with E-state index in [2.05, 4.69) is 15.1 Å². The topological polar surface area (TPSA) is 80.9 Å². The molecule has 0 aliphatic carbocycles. The second-order valence-electron chi connectivity index (χ2n) is 3.45. The Bertz CT molecular complexity index is 594. The first-order valence-electron chi connectivity index (χ1n) is 4.78. The summed E-state index contributed by atoms with van der Waals surface area (Å²) in [4.78, 5) is 19.1. The molecule has 7 heteroatoms. The Kier molecular flexibility index (Phi) is 2.81. The fraction of sp³-hybridized carbons (Fsp3) is 0.200. The highest BCUT2D eigenvalue weighted by Gasteiger charge is 2.13. The summed E-state index contributed by atoms with van der Waals surface area (Å²) in [6, 6.07) is 1.37. The summed E-state index contributed by atoms with van der Waals surface area (Å²) in [5.74, 6) is 0.503. The van der Waals surface area contributed by atoms with Gasteiger partial charge in [-0.1, -0.05) is 11.6 Å². The van der Waals surface area contributed by atoms with E-state index >= 15 is 0 Å². The van der Waals surface area contributed by atoms with Crippen molar-refractivity contribution in [2.45, 2.75) is 13.8 Å². The predicted molar refractivity (Wildman–Crippen MR) is 60.6 cm³/mol. The summed E-state index contributed by atoms with van der Waals surface area (Å²) >= 11 is 5.74. The van der Waals surface area contributed by atoms with Crippen molar-refractivity contribution in [1.29, 1.82) is 0 Å². The lowest BCUT2D eigenvalue weighted by atomic mass is 10.2. The van der Waals surface area contributed by atoms with E-state index in [0.29, 0.717) is 17.5 Å². The maximum atomic E-state index is 10.9. The third kappa shape index (κ3) is 2.12. The summed E-state index contributed by atoms with van der Waals surface area (Å²) in [6.45, 7) is 3.51. The van der Waals surface area contributed by atoms with Crippen LogP contribution in [-0.4, -0.2) is 30.8 Å². The molecular weight excluding hydrogens is 244 g/mol. The zero-order chi connectivity index (χ0) is 12.6. The molecule has 6 nitrogen and oxygen atoms in total. The monoisotopic (exact) mass is 252 g/mol. The van der Waals surface area contributed by atoms with Crippen molar-refractivity contribution in [3.63, 3.8) is 0 Å². The highest BCUT2D eigenvalue weighted by molar-refractivity contribution is 6.33. The van der Waals surface area contributed by atoms with Gasteiger partial charge < -0.3 is 5.11 Å². The van der Waals surface area contributed by atoms with Crippen molar-refractivity contribution < 1.29 is 9.90 Å². The van der Waals surface area contributed by atoms with E-state index in [4.69, 9.17) is 16.7 Å². The Labute approximate surface area is 102 Å². The van der Waals surface area contributed by atoms with Gasteiger partial charge in [-0.15, -0.1) is 5.10 Å². The number of aromatic nitrogens is 4. The minimum atomic E-state index is -1.10. The standard InChI is InChI=1S/C10H9ClN4O2/c1-5-13-6(2)15(14-5)9-3-7(10(16)17)8(11)4-12-9/h3-4H,1-2H3,(H,16,17).